The molecule has 1 heterocycles. The minimum Gasteiger partial charge on any atom is -0.337 e. The zero-order chi connectivity index (χ0) is 19.5. The first-order valence-corrected chi connectivity index (χ1v) is 9.29. The molecule has 3 aromatic carbocycles. The van der Waals surface area contributed by atoms with Gasteiger partial charge in [-0.2, -0.15) is 4.98 Å². The van der Waals surface area contributed by atoms with Crippen molar-refractivity contribution < 1.29 is 9.32 Å². The third kappa shape index (κ3) is 3.64. The average Bonchev–Trinajstić information content (AvgIpc) is 3.20. The molecule has 5 nitrogen and oxygen atoms in total. The van der Waals surface area contributed by atoms with Crippen molar-refractivity contribution >= 4 is 16.7 Å². The fraction of sp³-hybridized carbons (Fsp3) is 0.174. The van der Waals surface area contributed by atoms with Gasteiger partial charge in [-0.25, -0.2) is 0 Å². The van der Waals surface area contributed by atoms with Gasteiger partial charge in [0.2, 0.25) is 11.7 Å². The van der Waals surface area contributed by atoms with Gasteiger partial charge in [-0.05, 0) is 36.8 Å². The maximum Gasteiger partial charge on any atom is 0.254 e. The molecule has 4 aromatic rings. The Labute approximate surface area is 163 Å². The maximum atomic E-state index is 13.1. The molecule has 0 aliphatic rings. The minimum atomic E-state index is -0.0554. The highest BCUT2D eigenvalue weighted by molar-refractivity contribution is 5.98. The first kappa shape index (κ1) is 17.9. The topological polar surface area (TPSA) is 59.2 Å². The molecule has 0 aliphatic heterocycles. The van der Waals surface area contributed by atoms with Gasteiger partial charge >= 0.3 is 0 Å². The molecular formula is C23H21N3O2. The summed E-state index contributed by atoms with van der Waals surface area (Å²) in [5.74, 6) is 0.888. The second-order valence-corrected chi connectivity index (χ2v) is 6.97. The Kier molecular flexibility index (Phi) is 4.89. The van der Waals surface area contributed by atoms with Crippen molar-refractivity contribution in [1.82, 2.24) is 15.0 Å². The Bertz CT molecular complexity index is 1100. The van der Waals surface area contributed by atoms with Crippen molar-refractivity contribution in [2.24, 2.45) is 0 Å². The Hall–Kier alpha value is -3.47. The summed E-state index contributed by atoms with van der Waals surface area (Å²) in [7, 11) is 0. The number of benzene rings is 3. The predicted molar refractivity (Wildman–Crippen MR) is 109 cm³/mol. The fourth-order valence-electron chi connectivity index (χ4n) is 3.15. The first-order chi connectivity index (χ1) is 13.6. The quantitative estimate of drug-likeness (QED) is 0.498. The SMILES string of the molecule is CC(C)N(Cc1nc(-c2ccccc2)no1)C(=O)c1ccc2ccccc2c1. The molecule has 0 aliphatic carbocycles. The van der Waals surface area contributed by atoms with Crippen molar-refractivity contribution in [3.8, 4) is 11.4 Å². The molecular weight excluding hydrogens is 350 g/mol. The van der Waals surface area contributed by atoms with Crippen LogP contribution in [0.15, 0.2) is 77.3 Å². The van der Waals surface area contributed by atoms with Gasteiger partial charge in [0.25, 0.3) is 5.91 Å². The van der Waals surface area contributed by atoms with E-state index in [9.17, 15) is 4.79 Å². The van der Waals surface area contributed by atoms with E-state index in [-0.39, 0.29) is 18.5 Å². The molecule has 28 heavy (non-hydrogen) atoms. The summed E-state index contributed by atoms with van der Waals surface area (Å²) in [4.78, 5) is 19.3. The summed E-state index contributed by atoms with van der Waals surface area (Å²) in [5, 5.41) is 6.20. The predicted octanol–water partition coefficient (Wildman–Crippen LogP) is 4.94. The summed E-state index contributed by atoms with van der Waals surface area (Å²) in [6, 6.07) is 23.4. The van der Waals surface area contributed by atoms with E-state index in [1.807, 2.05) is 86.6 Å². The van der Waals surface area contributed by atoms with E-state index >= 15 is 0 Å². The standard InChI is InChI=1S/C23H21N3O2/c1-16(2)26(15-21-24-22(25-28-21)18-9-4-3-5-10-18)23(27)20-13-12-17-8-6-7-11-19(17)14-20/h3-14,16H,15H2,1-2H3. The summed E-state index contributed by atoms with van der Waals surface area (Å²) < 4.78 is 5.40. The number of nitrogens with zero attached hydrogens (tertiary/aromatic N) is 3. The van der Waals surface area contributed by atoms with Crippen LogP contribution in [0.25, 0.3) is 22.2 Å². The number of carbonyl (C=O) groups excluding carboxylic acids is 1. The third-order valence-electron chi connectivity index (χ3n) is 4.69. The second-order valence-electron chi connectivity index (χ2n) is 6.97. The number of hydrogen-bond donors (Lipinski definition) is 0. The molecule has 5 heteroatoms. The number of rotatable bonds is 5. The van der Waals surface area contributed by atoms with Gasteiger partial charge in [0, 0.05) is 17.2 Å². The largest absolute Gasteiger partial charge is 0.337 e. The van der Waals surface area contributed by atoms with E-state index in [0.717, 1.165) is 16.3 Å². The van der Waals surface area contributed by atoms with Gasteiger partial charge in [-0.3, -0.25) is 4.79 Å². The monoisotopic (exact) mass is 371 g/mol. The van der Waals surface area contributed by atoms with Gasteiger partial charge in [-0.1, -0.05) is 65.8 Å². The summed E-state index contributed by atoms with van der Waals surface area (Å²) in [5.41, 5.74) is 1.53. The van der Waals surface area contributed by atoms with Gasteiger partial charge in [0.15, 0.2) is 0 Å². The van der Waals surface area contributed by atoms with Crippen molar-refractivity contribution in [3.63, 3.8) is 0 Å². The van der Waals surface area contributed by atoms with E-state index in [1.165, 1.54) is 0 Å². The van der Waals surface area contributed by atoms with Crippen LogP contribution < -0.4 is 0 Å². The van der Waals surface area contributed by atoms with E-state index in [0.29, 0.717) is 17.3 Å². The molecule has 1 amide bonds. The lowest BCUT2D eigenvalue weighted by atomic mass is 10.1. The van der Waals surface area contributed by atoms with E-state index in [2.05, 4.69) is 10.1 Å². The minimum absolute atomic E-state index is 0.00829. The van der Waals surface area contributed by atoms with E-state index < -0.39 is 0 Å². The highest BCUT2D eigenvalue weighted by atomic mass is 16.5. The molecule has 0 unspecified atom stereocenters. The number of aromatic nitrogens is 2. The number of carbonyl (C=O) groups is 1. The molecule has 0 bridgehead atoms. The van der Waals surface area contributed by atoms with Crippen LogP contribution in [-0.2, 0) is 6.54 Å². The summed E-state index contributed by atoms with van der Waals surface area (Å²) in [6.45, 7) is 4.23. The van der Waals surface area contributed by atoms with Crippen LogP contribution in [0.3, 0.4) is 0 Å². The van der Waals surface area contributed by atoms with Crippen LogP contribution >= 0.6 is 0 Å². The highest BCUT2D eigenvalue weighted by Gasteiger charge is 2.22. The molecule has 0 spiro atoms. The van der Waals surface area contributed by atoms with Crippen LogP contribution in [0.1, 0.15) is 30.1 Å². The zero-order valence-electron chi connectivity index (χ0n) is 15.9. The third-order valence-corrected chi connectivity index (χ3v) is 4.69. The summed E-state index contributed by atoms with van der Waals surface area (Å²) >= 11 is 0. The number of amides is 1. The fourth-order valence-corrected chi connectivity index (χ4v) is 3.15. The number of fused-ring (bicyclic) bond motifs is 1. The van der Waals surface area contributed by atoms with Gasteiger partial charge in [0.1, 0.15) is 6.54 Å². The Morgan fingerprint density at radius 2 is 1.68 bits per heavy atom. The average molecular weight is 371 g/mol. The number of hydrogen-bond acceptors (Lipinski definition) is 4. The molecule has 0 radical (unpaired) electrons. The van der Waals surface area contributed by atoms with Crippen molar-refractivity contribution in [3.05, 3.63) is 84.3 Å². The van der Waals surface area contributed by atoms with Crippen molar-refractivity contribution in [2.75, 3.05) is 0 Å². The van der Waals surface area contributed by atoms with Crippen molar-refractivity contribution in [2.45, 2.75) is 26.4 Å². The lowest BCUT2D eigenvalue weighted by molar-refractivity contribution is 0.0667. The normalized spacial score (nSPS) is 11.1. The molecule has 4 rings (SSSR count). The second kappa shape index (κ2) is 7.64. The van der Waals surface area contributed by atoms with Crippen LogP contribution in [0.4, 0.5) is 0 Å². The lowest BCUT2D eigenvalue weighted by Gasteiger charge is -2.25. The smallest absolute Gasteiger partial charge is 0.254 e. The van der Waals surface area contributed by atoms with Gasteiger partial charge < -0.3 is 9.42 Å². The van der Waals surface area contributed by atoms with E-state index in [1.54, 1.807) is 4.90 Å². The Balaban J connectivity index is 1.58. The van der Waals surface area contributed by atoms with Crippen LogP contribution in [-0.4, -0.2) is 27.0 Å². The molecule has 0 saturated carbocycles. The Morgan fingerprint density at radius 3 is 2.43 bits per heavy atom. The molecule has 0 atom stereocenters. The van der Waals surface area contributed by atoms with Gasteiger partial charge in [0.05, 0.1) is 0 Å². The van der Waals surface area contributed by atoms with Crippen LogP contribution in [0, 0.1) is 0 Å². The molecule has 0 saturated heterocycles. The summed E-state index contributed by atoms with van der Waals surface area (Å²) in [6.07, 6.45) is 0. The molecule has 0 fully saturated rings. The zero-order valence-corrected chi connectivity index (χ0v) is 15.9. The first-order valence-electron chi connectivity index (χ1n) is 9.29. The van der Waals surface area contributed by atoms with Crippen LogP contribution in [0.2, 0.25) is 0 Å². The van der Waals surface area contributed by atoms with E-state index in [4.69, 9.17) is 4.52 Å². The highest BCUT2D eigenvalue weighted by Crippen LogP contribution is 2.20. The maximum absolute atomic E-state index is 13.1. The van der Waals surface area contributed by atoms with Gasteiger partial charge in [-0.15, -0.1) is 0 Å². The van der Waals surface area contributed by atoms with Crippen LogP contribution in [0.5, 0.6) is 0 Å². The Morgan fingerprint density at radius 1 is 0.964 bits per heavy atom. The molecule has 140 valence electrons. The van der Waals surface area contributed by atoms with Crippen molar-refractivity contribution in [1.29, 1.82) is 0 Å². The molecule has 1 aromatic heterocycles. The lowest BCUT2D eigenvalue weighted by Crippen LogP contribution is -2.36. The molecule has 0 N–H and O–H groups in total.